The smallest absolute Gasteiger partial charge is 0.0376 e. The maximum Gasteiger partial charge on any atom is -0.0376 e. The molecule has 0 nitrogen and oxygen atoms in total. The molecule has 0 N–H and O–H groups in total. The molecule has 0 amide bonds. The van der Waals surface area contributed by atoms with Crippen LogP contribution < -0.4 is 0 Å². The molecule has 0 aromatic carbocycles. The largest absolute Gasteiger partial charge is 0.0991 e. The summed E-state index contributed by atoms with van der Waals surface area (Å²) in [6.07, 6.45) is 54.8. The van der Waals surface area contributed by atoms with E-state index in [0.717, 1.165) is 6.42 Å². The molecule has 0 heteroatoms. The van der Waals surface area contributed by atoms with Gasteiger partial charge in [-0.25, -0.2) is 0 Å². The van der Waals surface area contributed by atoms with Gasteiger partial charge in [-0.3, -0.25) is 0 Å². The lowest BCUT2D eigenvalue weighted by atomic mass is 10.3. The van der Waals surface area contributed by atoms with Gasteiger partial charge in [0, 0.05) is 0 Å². The normalized spacial score (nSPS) is 14.7. The fraction of sp³-hybridized carbons (Fsp3) is 0.0667. The van der Waals surface area contributed by atoms with Crippen molar-refractivity contribution in [1.82, 2.24) is 0 Å². The van der Waals surface area contributed by atoms with Crippen molar-refractivity contribution < 1.29 is 0 Å². The molecular formula is C30H34. The maximum absolute atomic E-state index is 3.61. The van der Waals surface area contributed by atoms with E-state index in [9.17, 15) is 0 Å². The minimum atomic E-state index is 1.07. The third-order valence-electron chi connectivity index (χ3n) is 3.17. The van der Waals surface area contributed by atoms with Crippen LogP contribution in [0.5, 0.6) is 0 Å². The number of hydrogen-bond donors (Lipinski definition) is 0. The molecule has 30 heavy (non-hydrogen) atoms. The van der Waals surface area contributed by atoms with Gasteiger partial charge in [-0.15, -0.1) is 0 Å². The van der Waals surface area contributed by atoms with Gasteiger partial charge in [0.15, 0.2) is 0 Å². The van der Waals surface area contributed by atoms with Gasteiger partial charge < -0.3 is 0 Å². The van der Waals surface area contributed by atoms with Crippen molar-refractivity contribution >= 4 is 0 Å². The van der Waals surface area contributed by atoms with Crippen LogP contribution in [0.1, 0.15) is 13.3 Å². The minimum Gasteiger partial charge on any atom is -0.0991 e. The lowest BCUT2D eigenvalue weighted by molar-refractivity contribution is 1.22. The van der Waals surface area contributed by atoms with Gasteiger partial charge in [0.05, 0.1) is 0 Å². The first kappa shape index (κ1) is 26.4. The minimum absolute atomic E-state index is 1.07. The second-order valence-electron chi connectivity index (χ2n) is 5.69. The third kappa shape index (κ3) is 24.4. The first-order valence-electron chi connectivity index (χ1n) is 10.2. The SMILES string of the molecule is C=C/C=C/C=C/C=C/C=C/C=C/C=C/C=C/C=C/C=C/C=C/C=C/C=C/C=C/CC. The van der Waals surface area contributed by atoms with E-state index in [1.165, 1.54) is 0 Å². The molecule has 0 spiro atoms. The van der Waals surface area contributed by atoms with E-state index in [4.69, 9.17) is 0 Å². The summed E-state index contributed by atoms with van der Waals surface area (Å²) in [6, 6.07) is 0. The molecule has 0 aromatic rings. The Labute approximate surface area is 184 Å². The molecule has 0 bridgehead atoms. The average molecular weight is 395 g/mol. The van der Waals surface area contributed by atoms with Crippen LogP contribution in [0.2, 0.25) is 0 Å². The summed E-state index contributed by atoms with van der Waals surface area (Å²) in [7, 11) is 0. The van der Waals surface area contributed by atoms with Crippen LogP contribution in [0.3, 0.4) is 0 Å². The third-order valence-corrected chi connectivity index (χ3v) is 3.17. The van der Waals surface area contributed by atoms with Crippen LogP contribution in [0.25, 0.3) is 0 Å². The Morgan fingerprint density at radius 3 is 0.733 bits per heavy atom. The van der Waals surface area contributed by atoms with E-state index < -0.39 is 0 Å². The van der Waals surface area contributed by atoms with Crippen LogP contribution in [0, 0.1) is 0 Å². The van der Waals surface area contributed by atoms with Crippen molar-refractivity contribution in [3.8, 4) is 0 Å². The molecule has 0 radical (unpaired) electrons. The summed E-state index contributed by atoms with van der Waals surface area (Å²) in [5.41, 5.74) is 0. The van der Waals surface area contributed by atoms with Gasteiger partial charge >= 0.3 is 0 Å². The highest BCUT2D eigenvalue weighted by Gasteiger charge is 1.66. The van der Waals surface area contributed by atoms with Crippen molar-refractivity contribution in [3.05, 3.63) is 171 Å². The van der Waals surface area contributed by atoms with Crippen LogP contribution in [-0.2, 0) is 0 Å². The van der Waals surface area contributed by atoms with E-state index in [-0.39, 0.29) is 0 Å². The highest BCUT2D eigenvalue weighted by molar-refractivity contribution is 5.23. The molecule has 0 aliphatic heterocycles. The number of rotatable bonds is 14. The van der Waals surface area contributed by atoms with Crippen molar-refractivity contribution in [2.75, 3.05) is 0 Å². The monoisotopic (exact) mass is 394 g/mol. The van der Waals surface area contributed by atoms with Crippen molar-refractivity contribution in [1.29, 1.82) is 0 Å². The molecule has 0 fully saturated rings. The Morgan fingerprint density at radius 1 is 0.333 bits per heavy atom. The number of allylic oxidation sites excluding steroid dienone is 27. The quantitative estimate of drug-likeness (QED) is 0.258. The summed E-state index contributed by atoms with van der Waals surface area (Å²) < 4.78 is 0. The second kappa shape index (κ2) is 25.4. The van der Waals surface area contributed by atoms with Crippen LogP contribution in [0.15, 0.2) is 171 Å². The summed E-state index contributed by atoms with van der Waals surface area (Å²) in [5, 5.41) is 0. The van der Waals surface area contributed by atoms with Crippen molar-refractivity contribution in [2.45, 2.75) is 13.3 Å². The summed E-state index contributed by atoms with van der Waals surface area (Å²) in [5.74, 6) is 0. The lowest BCUT2D eigenvalue weighted by Crippen LogP contribution is -1.54. The fourth-order valence-corrected chi connectivity index (χ4v) is 1.77. The summed E-state index contributed by atoms with van der Waals surface area (Å²) >= 11 is 0. The van der Waals surface area contributed by atoms with E-state index in [1.54, 1.807) is 6.08 Å². The molecule has 0 aliphatic rings. The highest BCUT2D eigenvalue weighted by Crippen LogP contribution is 1.88. The molecule has 0 heterocycles. The zero-order valence-corrected chi connectivity index (χ0v) is 18.0. The Kier molecular flexibility index (Phi) is 22.3. The Balaban J connectivity index is 3.95. The van der Waals surface area contributed by atoms with Gasteiger partial charge in [-0.1, -0.05) is 178 Å². The molecule has 0 aliphatic carbocycles. The first-order valence-corrected chi connectivity index (χ1v) is 10.2. The summed E-state index contributed by atoms with van der Waals surface area (Å²) in [4.78, 5) is 0. The predicted octanol–water partition coefficient (Wildman–Crippen LogP) is 8.81. The highest BCUT2D eigenvalue weighted by atomic mass is 13.7. The van der Waals surface area contributed by atoms with E-state index in [0.29, 0.717) is 0 Å². The lowest BCUT2D eigenvalue weighted by Gasteiger charge is -1.76. The molecule has 0 saturated carbocycles. The Morgan fingerprint density at radius 2 is 0.533 bits per heavy atom. The van der Waals surface area contributed by atoms with E-state index in [2.05, 4.69) is 25.7 Å². The van der Waals surface area contributed by atoms with Crippen LogP contribution in [-0.4, -0.2) is 0 Å². The zero-order valence-electron chi connectivity index (χ0n) is 18.0. The molecule has 0 saturated heterocycles. The standard InChI is InChI=1S/C30H34/c1-3-5-7-9-11-13-15-17-19-21-23-25-27-29-30-28-26-24-22-20-18-16-14-12-10-8-6-4-2/h3,5-30H,1,4H2,2H3/b7-5+,8-6+,11-9+,12-10+,15-13+,16-14+,19-17+,20-18+,23-21+,24-22+,27-25+,28-26+,30-29+. The molecular weight excluding hydrogens is 360 g/mol. The Bertz CT molecular complexity index is 789. The second-order valence-corrected chi connectivity index (χ2v) is 5.69. The molecule has 154 valence electrons. The van der Waals surface area contributed by atoms with Gasteiger partial charge in [-0.05, 0) is 6.42 Å². The molecule has 0 rings (SSSR count). The van der Waals surface area contributed by atoms with Gasteiger partial charge in [0.1, 0.15) is 0 Å². The Hall–Kier alpha value is -3.64. The zero-order chi connectivity index (χ0) is 21.8. The molecule has 0 atom stereocenters. The molecule has 0 unspecified atom stereocenters. The first-order chi connectivity index (χ1) is 14.9. The molecule has 0 aromatic heterocycles. The van der Waals surface area contributed by atoms with Gasteiger partial charge in [0.25, 0.3) is 0 Å². The van der Waals surface area contributed by atoms with Crippen LogP contribution >= 0.6 is 0 Å². The maximum atomic E-state index is 3.61. The van der Waals surface area contributed by atoms with Gasteiger partial charge in [-0.2, -0.15) is 0 Å². The fourth-order valence-electron chi connectivity index (χ4n) is 1.77. The van der Waals surface area contributed by atoms with E-state index in [1.807, 2.05) is 146 Å². The topological polar surface area (TPSA) is 0 Å². The predicted molar refractivity (Wildman–Crippen MR) is 139 cm³/mol. The van der Waals surface area contributed by atoms with E-state index >= 15 is 0 Å². The average Bonchev–Trinajstić information content (AvgIpc) is 2.76. The van der Waals surface area contributed by atoms with Crippen molar-refractivity contribution in [3.63, 3.8) is 0 Å². The van der Waals surface area contributed by atoms with Crippen molar-refractivity contribution in [2.24, 2.45) is 0 Å². The van der Waals surface area contributed by atoms with Gasteiger partial charge in [0.2, 0.25) is 0 Å². The summed E-state index contributed by atoms with van der Waals surface area (Å²) in [6.45, 7) is 5.74. The van der Waals surface area contributed by atoms with Crippen LogP contribution in [0.4, 0.5) is 0 Å². The number of hydrogen-bond acceptors (Lipinski definition) is 0.